The Bertz CT molecular complexity index is 654. The number of alkyl halides is 3. The molecule has 0 spiro atoms. The Morgan fingerprint density at radius 3 is 2.54 bits per heavy atom. The van der Waals surface area contributed by atoms with Gasteiger partial charge >= 0.3 is 12.3 Å². The fourth-order valence-corrected chi connectivity index (χ4v) is 2.71. The van der Waals surface area contributed by atoms with Crippen LogP contribution in [0.2, 0.25) is 0 Å². The van der Waals surface area contributed by atoms with E-state index in [0.29, 0.717) is 22.7 Å². The molecule has 2 rings (SSSR count). The lowest BCUT2D eigenvalue weighted by molar-refractivity contribution is -0.137. The van der Waals surface area contributed by atoms with Gasteiger partial charge in [0.15, 0.2) is 0 Å². The highest BCUT2D eigenvalue weighted by Crippen LogP contribution is 2.33. The third-order valence-corrected chi connectivity index (χ3v) is 3.59. The number of fused-ring (bicyclic) bond motifs is 1. The molecule has 1 aromatic rings. The Kier molecular flexibility index (Phi) is 5.08. The van der Waals surface area contributed by atoms with Crippen LogP contribution in [0, 0.1) is 0 Å². The van der Waals surface area contributed by atoms with E-state index in [1.807, 2.05) is 0 Å². The van der Waals surface area contributed by atoms with Gasteiger partial charge in [0.25, 0.3) is 0 Å². The van der Waals surface area contributed by atoms with E-state index in [0.717, 1.165) is 12.1 Å². The molecule has 132 valence electrons. The van der Waals surface area contributed by atoms with Gasteiger partial charge in [-0.25, -0.2) is 4.79 Å². The third kappa shape index (κ3) is 5.09. The molecule has 8 heteroatoms. The molecule has 0 fully saturated rings. The van der Waals surface area contributed by atoms with Crippen molar-refractivity contribution in [2.75, 3.05) is 5.32 Å². The van der Waals surface area contributed by atoms with E-state index in [-0.39, 0.29) is 6.42 Å². The van der Waals surface area contributed by atoms with Crippen molar-refractivity contribution in [2.45, 2.75) is 51.4 Å². The molecule has 0 radical (unpaired) electrons. The van der Waals surface area contributed by atoms with Gasteiger partial charge in [-0.1, -0.05) is 12.2 Å². The average Bonchev–Trinajstić information content (AvgIpc) is 2.51. The topological polar surface area (TPSA) is 50.4 Å². The van der Waals surface area contributed by atoms with E-state index in [1.54, 1.807) is 20.8 Å². The Hall–Kier alpha value is -1.83. The molecule has 1 amide bonds. The lowest BCUT2D eigenvalue weighted by atomic mass is 10.0. The second-order valence-corrected chi connectivity index (χ2v) is 7.16. The highest BCUT2D eigenvalue weighted by molar-refractivity contribution is 7.80. The van der Waals surface area contributed by atoms with E-state index in [4.69, 9.17) is 17.0 Å². The van der Waals surface area contributed by atoms with Crippen LogP contribution in [0.4, 0.5) is 23.7 Å². The zero-order valence-corrected chi connectivity index (χ0v) is 14.4. The Morgan fingerprint density at radius 2 is 1.96 bits per heavy atom. The second-order valence-electron chi connectivity index (χ2n) is 6.67. The predicted octanol–water partition coefficient (Wildman–Crippen LogP) is 4.28. The number of alkyl carbamates (subject to hydrolysis) is 1. The van der Waals surface area contributed by atoms with Crippen LogP contribution >= 0.6 is 12.2 Å². The SMILES string of the molecule is CC(C)(C)OC(=O)NC1CC(=S)Nc2ccc(C(F)(F)F)cc2C1. The van der Waals surface area contributed by atoms with Crippen LogP contribution in [-0.2, 0) is 17.3 Å². The van der Waals surface area contributed by atoms with Gasteiger partial charge in [0.1, 0.15) is 5.60 Å². The van der Waals surface area contributed by atoms with Gasteiger partial charge in [-0.05, 0) is 51.0 Å². The van der Waals surface area contributed by atoms with Crippen LogP contribution in [0.3, 0.4) is 0 Å². The van der Waals surface area contributed by atoms with Gasteiger partial charge < -0.3 is 15.4 Å². The van der Waals surface area contributed by atoms with Crippen molar-refractivity contribution in [3.63, 3.8) is 0 Å². The first-order valence-electron chi connectivity index (χ1n) is 7.43. The summed E-state index contributed by atoms with van der Waals surface area (Å²) in [6, 6.07) is 3.01. The number of halogens is 3. The number of nitrogens with one attached hydrogen (secondary N) is 2. The van der Waals surface area contributed by atoms with E-state index in [1.165, 1.54) is 6.07 Å². The first-order chi connectivity index (χ1) is 10.9. The fraction of sp³-hybridized carbons (Fsp3) is 0.500. The smallest absolute Gasteiger partial charge is 0.416 e. The summed E-state index contributed by atoms with van der Waals surface area (Å²) in [4.78, 5) is 12.4. The maximum atomic E-state index is 12.9. The number of carbonyl (C=O) groups is 1. The summed E-state index contributed by atoms with van der Waals surface area (Å²) in [5, 5.41) is 5.60. The number of amides is 1. The molecular formula is C16H19F3N2O2S. The number of carbonyl (C=O) groups excluding carboxylic acids is 1. The lowest BCUT2D eigenvalue weighted by Crippen LogP contribution is -2.41. The molecule has 1 aliphatic rings. The van der Waals surface area contributed by atoms with E-state index in [2.05, 4.69) is 10.6 Å². The fourth-order valence-electron chi connectivity index (χ4n) is 2.40. The van der Waals surface area contributed by atoms with Crippen LogP contribution in [0.1, 0.15) is 38.3 Å². The zero-order valence-electron chi connectivity index (χ0n) is 13.6. The molecule has 0 bridgehead atoms. The van der Waals surface area contributed by atoms with Gasteiger partial charge in [0.05, 0.1) is 10.6 Å². The van der Waals surface area contributed by atoms with Crippen LogP contribution < -0.4 is 10.6 Å². The molecular weight excluding hydrogens is 341 g/mol. The van der Waals surface area contributed by atoms with E-state index < -0.39 is 29.5 Å². The van der Waals surface area contributed by atoms with Crippen molar-refractivity contribution in [1.82, 2.24) is 5.32 Å². The van der Waals surface area contributed by atoms with Crippen molar-refractivity contribution >= 4 is 29.0 Å². The Labute approximate surface area is 143 Å². The van der Waals surface area contributed by atoms with Crippen LogP contribution in [0.15, 0.2) is 18.2 Å². The summed E-state index contributed by atoms with van der Waals surface area (Å²) >= 11 is 5.19. The minimum Gasteiger partial charge on any atom is -0.444 e. The zero-order chi connectivity index (χ0) is 18.1. The van der Waals surface area contributed by atoms with Crippen molar-refractivity contribution < 1.29 is 22.7 Å². The van der Waals surface area contributed by atoms with Crippen LogP contribution in [0.25, 0.3) is 0 Å². The maximum Gasteiger partial charge on any atom is 0.416 e. The van der Waals surface area contributed by atoms with Crippen molar-refractivity contribution in [3.8, 4) is 0 Å². The van der Waals surface area contributed by atoms with Crippen molar-refractivity contribution in [1.29, 1.82) is 0 Å². The number of ether oxygens (including phenoxy) is 1. The molecule has 0 saturated heterocycles. The maximum absolute atomic E-state index is 12.9. The Morgan fingerprint density at radius 1 is 1.29 bits per heavy atom. The van der Waals surface area contributed by atoms with E-state index in [9.17, 15) is 18.0 Å². The number of benzene rings is 1. The number of hydrogen-bond acceptors (Lipinski definition) is 3. The third-order valence-electron chi connectivity index (χ3n) is 3.33. The van der Waals surface area contributed by atoms with Gasteiger partial charge in [-0.3, -0.25) is 0 Å². The summed E-state index contributed by atoms with van der Waals surface area (Å²) in [6.07, 6.45) is -4.49. The standard InChI is InChI=1S/C16H19F3N2O2S/c1-15(2,3)23-14(22)20-11-7-9-6-10(16(17,18)19)4-5-12(9)21-13(24)8-11/h4-6,11H,7-8H2,1-3H3,(H,20,22)(H,21,24). The number of anilines is 1. The van der Waals surface area contributed by atoms with Gasteiger partial charge in [0, 0.05) is 18.2 Å². The average molecular weight is 360 g/mol. The molecule has 0 saturated carbocycles. The van der Waals surface area contributed by atoms with Crippen molar-refractivity contribution in [3.05, 3.63) is 29.3 Å². The number of thiocarbonyl (C=S) groups is 1. The molecule has 4 nitrogen and oxygen atoms in total. The number of rotatable bonds is 1. The van der Waals surface area contributed by atoms with Crippen LogP contribution in [-0.4, -0.2) is 22.7 Å². The molecule has 2 N–H and O–H groups in total. The van der Waals surface area contributed by atoms with Gasteiger partial charge in [0.2, 0.25) is 0 Å². The lowest BCUT2D eigenvalue weighted by Gasteiger charge is -2.23. The van der Waals surface area contributed by atoms with Crippen LogP contribution in [0.5, 0.6) is 0 Å². The molecule has 1 aromatic carbocycles. The second kappa shape index (κ2) is 6.58. The summed E-state index contributed by atoms with van der Waals surface area (Å²) in [5.41, 5.74) is -0.409. The van der Waals surface area contributed by atoms with E-state index >= 15 is 0 Å². The molecule has 1 atom stereocenters. The highest BCUT2D eigenvalue weighted by atomic mass is 32.1. The summed E-state index contributed by atoms with van der Waals surface area (Å²) in [5.74, 6) is 0. The van der Waals surface area contributed by atoms with Gasteiger partial charge in [-0.2, -0.15) is 13.2 Å². The molecule has 0 aromatic heterocycles. The highest BCUT2D eigenvalue weighted by Gasteiger charge is 2.32. The molecule has 0 aliphatic carbocycles. The number of hydrogen-bond donors (Lipinski definition) is 2. The minimum absolute atomic E-state index is 0.228. The molecule has 1 heterocycles. The summed E-state index contributed by atoms with van der Waals surface area (Å²) < 4.78 is 43.9. The quantitative estimate of drug-likeness (QED) is 0.734. The normalized spacial score (nSPS) is 18.2. The molecule has 24 heavy (non-hydrogen) atoms. The predicted molar refractivity (Wildman–Crippen MR) is 89.1 cm³/mol. The monoisotopic (exact) mass is 360 g/mol. The first-order valence-corrected chi connectivity index (χ1v) is 7.84. The largest absolute Gasteiger partial charge is 0.444 e. The summed E-state index contributed by atoms with van der Waals surface area (Å²) in [7, 11) is 0. The molecule has 1 aliphatic heterocycles. The van der Waals surface area contributed by atoms with Gasteiger partial charge in [-0.15, -0.1) is 0 Å². The summed E-state index contributed by atoms with van der Waals surface area (Å²) in [6.45, 7) is 5.20. The Balaban J connectivity index is 2.20. The minimum atomic E-state index is -4.42. The van der Waals surface area contributed by atoms with Crippen molar-refractivity contribution in [2.24, 2.45) is 0 Å². The first kappa shape index (κ1) is 18.5. The molecule has 1 unspecified atom stereocenters.